The van der Waals surface area contributed by atoms with Crippen LogP contribution in [0.1, 0.15) is 36.5 Å². The van der Waals surface area contributed by atoms with Crippen LogP contribution in [0, 0.1) is 12.3 Å². The summed E-state index contributed by atoms with van der Waals surface area (Å²) in [6, 6.07) is 6.81. The van der Waals surface area contributed by atoms with Gasteiger partial charge in [0.25, 0.3) is 5.91 Å². The summed E-state index contributed by atoms with van der Waals surface area (Å²) in [6.07, 6.45) is -6.17. The van der Waals surface area contributed by atoms with E-state index in [0.29, 0.717) is 30.4 Å². The zero-order valence-corrected chi connectivity index (χ0v) is 22.3. The maximum atomic E-state index is 13.1. The van der Waals surface area contributed by atoms with Crippen LogP contribution in [0.2, 0.25) is 0 Å². The third-order valence-electron chi connectivity index (χ3n) is 7.91. The Balaban J connectivity index is 1.50. The number of ether oxygens (including phenoxy) is 2. The molecule has 4 atom stereocenters. The third-order valence-corrected chi connectivity index (χ3v) is 7.91. The van der Waals surface area contributed by atoms with Gasteiger partial charge in [-0.1, -0.05) is 13.0 Å². The van der Waals surface area contributed by atoms with Crippen molar-refractivity contribution in [3.63, 3.8) is 0 Å². The number of pyridine rings is 1. The van der Waals surface area contributed by atoms with Gasteiger partial charge in [0.05, 0.1) is 38.5 Å². The first-order valence-electron chi connectivity index (χ1n) is 12.7. The molecule has 1 aromatic carbocycles. The Hall–Kier alpha value is -3.09. The number of benzene rings is 1. The summed E-state index contributed by atoms with van der Waals surface area (Å²) >= 11 is 0. The van der Waals surface area contributed by atoms with Crippen molar-refractivity contribution in [1.82, 2.24) is 9.88 Å². The second kappa shape index (κ2) is 10.8. The Morgan fingerprint density at radius 2 is 1.90 bits per heavy atom. The molecule has 1 aromatic heterocycles. The van der Waals surface area contributed by atoms with E-state index in [-0.39, 0.29) is 30.7 Å². The molecule has 3 heterocycles. The van der Waals surface area contributed by atoms with E-state index in [9.17, 15) is 33.3 Å². The van der Waals surface area contributed by atoms with Crippen molar-refractivity contribution in [2.75, 3.05) is 44.8 Å². The Bertz CT molecular complexity index is 1200. The molecule has 9 nitrogen and oxygen atoms in total. The molecule has 3 N–H and O–H groups in total. The molecule has 2 saturated heterocycles. The SMILES string of the molecule is COc1ccc([C@@H]2CN(C(=O)C(O)CO)C[C@@]2(C)C(C)O)cc1OC1CN(c2cc(C)c(C(F)(F)F)cn2)C1. The van der Waals surface area contributed by atoms with Crippen LogP contribution < -0.4 is 14.4 Å². The number of likely N-dealkylation sites (tertiary alicyclic amines) is 1. The van der Waals surface area contributed by atoms with Gasteiger partial charge in [-0.25, -0.2) is 4.98 Å². The van der Waals surface area contributed by atoms with Crippen LogP contribution in [0.5, 0.6) is 11.5 Å². The lowest BCUT2D eigenvalue weighted by molar-refractivity contribution is -0.141. The highest BCUT2D eigenvalue weighted by atomic mass is 19.4. The number of hydrogen-bond donors (Lipinski definition) is 3. The lowest BCUT2D eigenvalue weighted by atomic mass is 9.72. The van der Waals surface area contributed by atoms with Crippen LogP contribution >= 0.6 is 0 Å². The summed E-state index contributed by atoms with van der Waals surface area (Å²) in [6.45, 7) is 5.51. The first-order chi connectivity index (χ1) is 18.3. The van der Waals surface area contributed by atoms with E-state index in [1.807, 2.05) is 24.0 Å². The fraction of sp³-hybridized carbons (Fsp3) is 0.556. The number of aryl methyl sites for hydroxylation is 1. The molecule has 4 rings (SSSR count). The highest BCUT2D eigenvalue weighted by Crippen LogP contribution is 2.47. The van der Waals surface area contributed by atoms with E-state index in [2.05, 4.69) is 4.98 Å². The number of rotatable bonds is 8. The van der Waals surface area contributed by atoms with Crippen molar-refractivity contribution in [2.45, 2.75) is 51.2 Å². The van der Waals surface area contributed by atoms with Crippen LogP contribution in [-0.2, 0) is 11.0 Å². The van der Waals surface area contributed by atoms with Crippen LogP contribution in [0.15, 0.2) is 30.5 Å². The van der Waals surface area contributed by atoms with Gasteiger partial charge in [0.2, 0.25) is 0 Å². The predicted octanol–water partition coefficient (Wildman–Crippen LogP) is 2.35. The van der Waals surface area contributed by atoms with E-state index in [0.717, 1.165) is 11.8 Å². The summed E-state index contributed by atoms with van der Waals surface area (Å²) < 4.78 is 50.9. The van der Waals surface area contributed by atoms with Gasteiger partial charge in [-0.15, -0.1) is 0 Å². The molecule has 2 aliphatic rings. The molecule has 1 amide bonds. The van der Waals surface area contributed by atoms with Gasteiger partial charge in [0.1, 0.15) is 11.9 Å². The Labute approximate surface area is 224 Å². The van der Waals surface area contributed by atoms with Crippen molar-refractivity contribution in [3.05, 3.63) is 47.2 Å². The quantitative estimate of drug-likeness (QED) is 0.457. The average Bonchev–Trinajstić information content (AvgIpc) is 3.22. The standard InChI is InChI=1S/C27H34F3N3O6/c1-15-7-24(31-9-19(15)27(28,29)30)32-10-18(11-32)39-23-8-17(5-6-22(23)38-4)20-12-33(25(37)21(36)13-34)14-26(20,3)16(2)35/h5-9,16,18,20-21,34-36H,10-14H2,1-4H3/t16?,20-,21?,26-/m0/s1. The molecule has 2 aromatic rings. The molecule has 0 bridgehead atoms. The van der Waals surface area contributed by atoms with E-state index in [1.165, 1.54) is 25.0 Å². The minimum Gasteiger partial charge on any atom is -0.493 e. The number of hydrogen-bond acceptors (Lipinski definition) is 8. The monoisotopic (exact) mass is 553 g/mol. The molecule has 0 radical (unpaired) electrons. The number of alkyl halides is 3. The van der Waals surface area contributed by atoms with Crippen molar-refractivity contribution < 1.29 is 42.8 Å². The van der Waals surface area contributed by atoms with Gasteiger partial charge in [-0.2, -0.15) is 13.2 Å². The number of nitrogens with zero attached hydrogens (tertiary/aromatic N) is 3. The fourth-order valence-corrected chi connectivity index (χ4v) is 5.27. The molecule has 12 heteroatoms. The fourth-order valence-electron chi connectivity index (χ4n) is 5.27. The maximum absolute atomic E-state index is 13.1. The molecular weight excluding hydrogens is 519 g/mol. The van der Waals surface area contributed by atoms with Crippen LogP contribution in [0.25, 0.3) is 0 Å². The lowest BCUT2D eigenvalue weighted by Crippen LogP contribution is -2.54. The van der Waals surface area contributed by atoms with Crippen LogP contribution in [-0.4, -0.2) is 89.3 Å². The number of amides is 1. The molecule has 2 fully saturated rings. The molecular formula is C27H34F3N3O6. The van der Waals surface area contributed by atoms with Gasteiger partial charge in [0, 0.05) is 30.6 Å². The first kappa shape index (κ1) is 28.9. The van der Waals surface area contributed by atoms with E-state index >= 15 is 0 Å². The number of halogens is 3. The van der Waals surface area contributed by atoms with Gasteiger partial charge in [0.15, 0.2) is 17.6 Å². The second-order valence-corrected chi connectivity index (χ2v) is 10.6. The zero-order chi connectivity index (χ0) is 28.7. The summed E-state index contributed by atoms with van der Waals surface area (Å²) in [5, 5.41) is 29.7. The summed E-state index contributed by atoms with van der Waals surface area (Å²) in [5.41, 5.74) is -0.582. The van der Waals surface area contributed by atoms with Gasteiger partial charge in [-0.05, 0) is 43.2 Å². The van der Waals surface area contributed by atoms with E-state index < -0.39 is 41.9 Å². The first-order valence-corrected chi connectivity index (χ1v) is 12.7. The molecule has 39 heavy (non-hydrogen) atoms. The molecule has 0 aliphatic carbocycles. The molecule has 0 saturated carbocycles. The summed E-state index contributed by atoms with van der Waals surface area (Å²) in [5.74, 6) is 0.497. The number of aliphatic hydroxyl groups excluding tert-OH is 3. The van der Waals surface area contributed by atoms with E-state index in [1.54, 1.807) is 13.0 Å². The smallest absolute Gasteiger partial charge is 0.418 e. The van der Waals surface area contributed by atoms with Crippen molar-refractivity contribution in [1.29, 1.82) is 0 Å². The zero-order valence-electron chi connectivity index (χ0n) is 22.3. The van der Waals surface area contributed by atoms with Crippen LogP contribution in [0.3, 0.4) is 0 Å². The maximum Gasteiger partial charge on any atom is 0.418 e. The third kappa shape index (κ3) is 5.64. The number of methoxy groups -OCH3 is 1. The lowest BCUT2D eigenvalue weighted by Gasteiger charge is -2.40. The minimum absolute atomic E-state index is 0.1000. The van der Waals surface area contributed by atoms with Crippen molar-refractivity contribution in [3.8, 4) is 11.5 Å². The molecule has 214 valence electrons. The average molecular weight is 554 g/mol. The molecule has 2 aliphatic heterocycles. The van der Waals surface area contributed by atoms with E-state index in [4.69, 9.17) is 9.47 Å². The largest absolute Gasteiger partial charge is 0.493 e. The van der Waals surface area contributed by atoms with Crippen molar-refractivity contribution in [2.24, 2.45) is 5.41 Å². The minimum atomic E-state index is -4.45. The van der Waals surface area contributed by atoms with Crippen molar-refractivity contribution >= 4 is 11.7 Å². The topological polar surface area (TPSA) is 116 Å². The normalized spacial score (nSPS) is 23.4. The Kier molecular flexibility index (Phi) is 8.02. The summed E-state index contributed by atoms with van der Waals surface area (Å²) in [7, 11) is 1.51. The van der Waals surface area contributed by atoms with Gasteiger partial charge < -0.3 is 34.6 Å². The van der Waals surface area contributed by atoms with Gasteiger partial charge >= 0.3 is 6.18 Å². The predicted molar refractivity (Wildman–Crippen MR) is 136 cm³/mol. The Morgan fingerprint density at radius 3 is 2.46 bits per heavy atom. The summed E-state index contributed by atoms with van der Waals surface area (Å²) in [4.78, 5) is 19.8. The second-order valence-electron chi connectivity index (χ2n) is 10.6. The molecule has 0 spiro atoms. The van der Waals surface area contributed by atoms with Crippen LogP contribution in [0.4, 0.5) is 19.0 Å². The van der Waals surface area contributed by atoms with Gasteiger partial charge in [-0.3, -0.25) is 4.79 Å². The number of carbonyl (C=O) groups excluding carboxylic acids is 1. The number of carbonyl (C=O) groups is 1. The highest BCUT2D eigenvalue weighted by molar-refractivity contribution is 5.81. The number of aliphatic hydroxyl groups is 3. The highest BCUT2D eigenvalue weighted by Gasteiger charge is 2.49. The molecule has 2 unspecified atom stereocenters. The number of anilines is 1. The Morgan fingerprint density at radius 1 is 1.21 bits per heavy atom. The number of aromatic nitrogens is 1.